The number of rotatable bonds is 2. The van der Waals surface area contributed by atoms with E-state index in [1.165, 1.54) is 0 Å². The molecular formula is C18H23BClN3O3. The second-order valence-electron chi connectivity index (χ2n) is 7.75. The van der Waals surface area contributed by atoms with Crippen LogP contribution in [0, 0.1) is 0 Å². The van der Waals surface area contributed by atoms with Crippen LogP contribution in [0.25, 0.3) is 11.0 Å². The molecule has 2 aliphatic rings. The highest BCUT2D eigenvalue weighted by molar-refractivity contribution is 6.66. The summed E-state index contributed by atoms with van der Waals surface area (Å²) in [5.41, 5.74) is 1.37. The lowest BCUT2D eigenvalue weighted by Gasteiger charge is -2.32. The van der Waals surface area contributed by atoms with E-state index in [4.69, 9.17) is 30.6 Å². The van der Waals surface area contributed by atoms with Crippen LogP contribution >= 0.6 is 11.6 Å². The minimum Gasteiger partial charge on any atom is -0.399 e. The highest BCUT2D eigenvalue weighted by atomic mass is 35.5. The summed E-state index contributed by atoms with van der Waals surface area (Å²) in [5.74, 6) is 0.814. The van der Waals surface area contributed by atoms with Crippen molar-refractivity contribution in [3.8, 4) is 0 Å². The summed E-state index contributed by atoms with van der Waals surface area (Å²) < 4.78 is 17.7. The number of ether oxygens (including phenoxy) is 1. The lowest BCUT2D eigenvalue weighted by molar-refractivity contribution is 0.00578. The molecule has 2 aromatic rings. The first-order chi connectivity index (χ1) is 12.3. The monoisotopic (exact) mass is 375 g/mol. The summed E-state index contributed by atoms with van der Waals surface area (Å²) in [5, 5.41) is 0.531. The molecule has 0 radical (unpaired) electrons. The van der Waals surface area contributed by atoms with Crippen molar-refractivity contribution in [1.82, 2.24) is 9.97 Å². The molecule has 0 saturated carbocycles. The first-order valence-corrected chi connectivity index (χ1v) is 9.30. The number of hydrogen-bond donors (Lipinski definition) is 0. The number of nitrogens with zero attached hydrogens (tertiary/aromatic N) is 3. The molecular weight excluding hydrogens is 352 g/mol. The van der Waals surface area contributed by atoms with Gasteiger partial charge in [0.05, 0.1) is 41.2 Å². The zero-order chi connectivity index (χ0) is 18.5. The molecule has 2 fully saturated rings. The third-order valence-corrected chi connectivity index (χ3v) is 5.91. The zero-order valence-corrected chi connectivity index (χ0v) is 16.3. The first kappa shape index (κ1) is 18.0. The quantitative estimate of drug-likeness (QED) is 0.751. The second kappa shape index (κ2) is 6.34. The highest BCUT2D eigenvalue weighted by Crippen LogP contribution is 2.37. The molecule has 26 heavy (non-hydrogen) atoms. The van der Waals surface area contributed by atoms with Gasteiger partial charge >= 0.3 is 7.12 Å². The van der Waals surface area contributed by atoms with Crippen molar-refractivity contribution in [1.29, 1.82) is 0 Å². The van der Waals surface area contributed by atoms with Crippen molar-refractivity contribution in [2.75, 3.05) is 31.2 Å². The van der Waals surface area contributed by atoms with Gasteiger partial charge in [-0.05, 0) is 33.8 Å². The van der Waals surface area contributed by atoms with Crippen LogP contribution in [-0.2, 0) is 14.0 Å². The predicted octanol–water partition coefficient (Wildman–Crippen LogP) is 2.42. The average Bonchev–Trinajstić information content (AvgIpc) is 2.83. The summed E-state index contributed by atoms with van der Waals surface area (Å²) in [7, 11) is -0.522. The Morgan fingerprint density at radius 2 is 1.73 bits per heavy atom. The smallest absolute Gasteiger partial charge is 0.399 e. The molecule has 3 heterocycles. The normalized spacial score (nSPS) is 22.2. The number of morpholine rings is 1. The summed E-state index contributed by atoms with van der Waals surface area (Å²) in [4.78, 5) is 11.5. The lowest BCUT2D eigenvalue weighted by atomic mass is 9.79. The fourth-order valence-corrected chi connectivity index (χ4v) is 3.44. The maximum atomic E-state index is 6.71. The molecule has 2 aliphatic heterocycles. The SMILES string of the molecule is CC1(C)OB(c2ccc3ncc(N4CCOCC4)nc3c2Cl)OC1(C)C. The van der Waals surface area contributed by atoms with Crippen LogP contribution in [0.4, 0.5) is 5.82 Å². The van der Waals surface area contributed by atoms with Gasteiger partial charge in [-0.1, -0.05) is 17.7 Å². The van der Waals surface area contributed by atoms with Gasteiger partial charge in [-0.25, -0.2) is 4.98 Å². The fourth-order valence-electron chi connectivity index (χ4n) is 3.15. The number of halogens is 1. The molecule has 1 aromatic carbocycles. The van der Waals surface area contributed by atoms with E-state index in [1.54, 1.807) is 6.20 Å². The van der Waals surface area contributed by atoms with Crippen molar-refractivity contribution < 1.29 is 14.0 Å². The zero-order valence-electron chi connectivity index (χ0n) is 15.6. The molecule has 0 aliphatic carbocycles. The van der Waals surface area contributed by atoms with Crippen molar-refractivity contribution in [3.05, 3.63) is 23.4 Å². The predicted molar refractivity (Wildman–Crippen MR) is 103 cm³/mol. The summed E-state index contributed by atoms with van der Waals surface area (Å²) in [6.45, 7) is 11.1. The van der Waals surface area contributed by atoms with Gasteiger partial charge in [-0.2, -0.15) is 0 Å². The summed E-state index contributed by atoms with van der Waals surface area (Å²) in [6, 6.07) is 3.83. The first-order valence-electron chi connectivity index (χ1n) is 8.92. The van der Waals surface area contributed by atoms with Crippen molar-refractivity contribution >= 4 is 41.0 Å². The lowest BCUT2D eigenvalue weighted by Crippen LogP contribution is -2.41. The molecule has 0 N–H and O–H groups in total. The van der Waals surface area contributed by atoms with Crippen molar-refractivity contribution in [2.24, 2.45) is 0 Å². The van der Waals surface area contributed by atoms with Gasteiger partial charge in [0.25, 0.3) is 0 Å². The van der Waals surface area contributed by atoms with Crippen molar-refractivity contribution in [3.63, 3.8) is 0 Å². The van der Waals surface area contributed by atoms with Crippen LogP contribution in [-0.4, -0.2) is 54.6 Å². The van der Waals surface area contributed by atoms with Gasteiger partial charge in [0.1, 0.15) is 11.3 Å². The summed E-state index contributed by atoms with van der Waals surface area (Å²) in [6.07, 6.45) is 1.79. The molecule has 138 valence electrons. The number of fused-ring (bicyclic) bond motifs is 1. The molecule has 1 aromatic heterocycles. The largest absolute Gasteiger partial charge is 0.496 e. The third-order valence-electron chi connectivity index (χ3n) is 5.51. The van der Waals surface area contributed by atoms with Gasteiger partial charge in [0, 0.05) is 18.6 Å². The topological polar surface area (TPSA) is 56.7 Å². The maximum absolute atomic E-state index is 6.71. The standard InChI is InChI=1S/C18H23BClN3O3/c1-17(2)18(3,4)26-19(25-17)12-5-6-13-16(15(12)20)22-14(11-21-13)23-7-9-24-10-8-23/h5-6,11H,7-10H2,1-4H3. The van der Waals surface area contributed by atoms with Gasteiger partial charge < -0.3 is 18.9 Å². The Morgan fingerprint density at radius 3 is 2.38 bits per heavy atom. The molecule has 8 heteroatoms. The Kier molecular flexibility index (Phi) is 4.38. The fraction of sp³-hybridized carbons (Fsp3) is 0.556. The van der Waals surface area contributed by atoms with Gasteiger partial charge in [0.15, 0.2) is 0 Å². The van der Waals surface area contributed by atoms with Crippen LogP contribution in [0.5, 0.6) is 0 Å². The van der Waals surface area contributed by atoms with E-state index in [0.29, 0.717) is 23.8 Å². The van der Waals surface area contributed by atoms with E-state index in [-0.39, 0.29) is 0 Å². The maximum Gasteiger partial charge on any atom is 0.496 e. The molecule has 0 unspecified atom stereocenters. The van der Waals surface area contributed by atoms with Crippen LogP contribution in [0.15, 0.2) is 18.3 Å². The molecule has 0 bridgehead atoms. The van der Waals surface area contributed by atoms with E-state index >= 15 is 0 Å². The number of anilines is 1. The minimum absolute atomic E-state index is 0.419. The van der Waals surface area contributed by atoms with E-state index in [0.717, 1.165) is 29.9 Å². The van der Waals surface area contributed by atoms with Crippen LogP contribution < -0.4 is 10.4 Å². The van der Waals surface area contributed by atoms with Crippen LogP contribution in [0.1, 0.15) is 27.7 Å². The highest BCUT2D eigenvalue weighted by Gasteiger charge is 2.52. The van der Waals surface area contributed by atoms with E-state index in [9.17, 15) is 0 Å². The number of benzene rings is 1. The summed E-state index contributed by atoms with van der Waals surface area (Å²) >= 11 is 6.71. The molecule has 0 amide bonds. The Bertz CT molecular complexity index is 824. The Hall–Kier alpha value is -1.41. The average molecular weight is 376 g/mol. The number of hydrogen-bond acceptors (Lipinski definition) is 6. The molecule has 4 rings (SSSR count). The van der Waals surface area contributed by atoms with Gasteiger partial charge in [0.2, 0.25) is 0 Å². The van der Waals surface area contributed by atoms with Crippen LogP contribution in [0.3, 0.4) is 0 Å². The van der Waals surface area contributed by atoms with E-state index < -0.39 is 18.3 Å². The molecule has 6 nitrogen and oxygen atoms in total. The third kappa shape index (κ3) is 2.97. The van der Waals surface area contributed by atoms with Gasteiger partial charge in [-0.15, -0.1) is 0 Å². The minimum atomic E-state index is -0.522. The Morgan fingerprint density at radius 1 is 1.08 bits per heavy atom. The van der Waals surface area contributed by atoms with Gasteiger partial charge in [-0.3, -0.25) is 4.98 Å². The molecule has 0 spiro atoms. The van der Waals surface area contributed by atoms with E-state index in [1.807, 2.05) is 39.8 Å². The Balaban J connectivity index is 1.72. The molecule has 0 atom stereocenters. The van der Waals surface area contributed by atoms with E-state index in [2.05, 4.69) is 9.88 Å². The molecule has 2 saturated heterocycles. The second-order valence-corrected chi connectivity index (χ2v) is 8.13. The van der Waals surface area contributed by atoms with Crippen molar-refractivity contribution in [2.45, 2.75) is 38.9 Å². The number of aromatic nitrogens is 2. The Labute approximate surface area is 158 Å². The van der Waals surface area contributed by atoms with Crippen LogP contribution in [0.2, 0.25) is 5.02 Å².